The molecule has 0 saturated heterocycles. The second kappa shape index (κ2) is 2.24. The highest BCUT2D eigenvalue weighted by Crippen LogP contribution is 2.53. The maximum atomic E-state index is 9.84. The molecule has 0 heterocycles. The molecule has 12 heavy (non-hydrogen) atoms. The molecular formula is C10H16O2. The maximum Gasteiger partial charge on any atom is 0.0621 e. The standard InChI is InChI=1S/C10H16O2/c11-9-6-1-5-2-7(4-6)10(12)8(9)3-5/h5-12H,1-4H2/t5?,6-,7+,8?,9-,10+. The van der Waals surface area contributed by atoms with Gasteiger partial charge < -0.3 is 10.2 Å². The molecule has 0 aromatic heterocycles. The van der Waals surface area contributed by atoms with Gasteiger partial charge in [-0.15, -0.1) is 0 Å². The van der Waals surface area contributed by atoms with Crippen LogP contribution in [-0.4, -0.2) is 22.4 Å². The van der Waals surface area contributed by atoms with Crippen LogP contribution in [0.25, 0.3) is 0 Å². The summed E-state index contributed by atoms with van der Waals surface area (Å²) < 4.78 is 0. The van der Waals surface area contributed by atoms with E-state index in [1.165, 1.54) is 12.8 Å². The van der Waals surface area contributed by atoms with E-state index in [9.17, 15) is 10.2 Å². The average Bonchev–Trinajstić information content (AvgIpc) is 2.07. The summed E-state index contributed by atoms with van der Waals surface area (Å²) in [5.74, 6) is 2.10. The van der Waals surface area contributed by atoms with Gasteiger partial charge in [-0.25, -0.2) is 0 Å². The molecular weight excluding hydrogens is 152 g/mol. The average molecular weight is 168 g/mol. The van der Waals surface area contributed by atoms with Crippen LogP contribution in [0.4, 0.5) is 0 Å². The van der Waals surface area contributed by atoms with Gasteiger partial charge in [-0.05, 0) is 43.4 Å². The Bertz CT molecular complexity index is 186. The Morgan fingerprint density at radius 2 is 1.33 bits per heavy atom. The molecule has 4 rings (SSSR count). The van der Waals surface area contributed by atoms with Crippen LogP contribution >= 0.6 is 0 Å². The topological polar surface area (TPSA) is 40.5 Å². The lowest BCUT2D eigenvalue weighted by atomic mass is 9.54. The first-order valence-electron chi connectivity index (χ1n) is 5.12. The third kappa shape index (κ3) is 0.775. The molecule has 68 valence electrons. The molecule has 0 aromatic carbocycles. The van der Waals surface area contributed by atoms with Crippen molar-refractivity contribution in [3.05, 3.63) is 0 Å². The zero-order chi connectivity index (χ0) is 8.29. The lowest BCUT2D eigenvalue weighted by Crippen LogP contribution is -2.55. The van der Waals surface area contributed by atoms with E-state index in [1.807, 2.05) is 0 Å². The smallest absolute Gasteiger partial charge is 0.0621 e. The summed E-state index contributed by atoms with van der Waals surface area (Å²) >= 11 is 0. The van der Waals surface area contributed by atoms with Gasteiger partial charge in [0.25, 0.3) is 0 Å². The summed E-state index contributed by atoms with van der Waals surface area (Å²) in [6.45, 7) is 0. The molecule has 0 radical (unpaired) electrons. The van der Waals surface area contributed by atoms with Crippen LogP contribution in [-0.2, 0) is 0 Å². The van der Waals surface area contributed by atoms with Crippen molar-refractivity contribution in [3.63, 3.8) is 0 Å². The van der Waals surface area contributed by atoms with Crippen LogP contribution in [0.2, 0.25) is 0 Å². The van der Waals surface area contributed by atoms with Gasteiger partial charge >= 0.3 is 0 Å². The van der Waals surface area contributed by atoms with Crippen molar-refractivity contribution in [2.75, 3.05) is 0 Å². The summed E-state index contributed by atoms with van der Waals surface area (Å²) in [7, 11) is 0. The number of aliphatic hydroxyl groups excluding tert-OH is 2. The fourth-order valence-corrected chi connectivity index (χ4v) is 3.85. The Morgan fingerprint density at radius 3 is 1.92 bits per heavy atom. The summed E-state index contributed by atoms with van der Waals surface area (Å²) in [6, 6.07) is 0. The van der Waals surface area contributed by atoms with Crippen molar-refractivity contribution in [2.45, 2.75) is 37.9 Å². The van der Waals surface area contributed by atoms with Gasteiger partial charge in [0, 0.05) is 5.92 Å². The van der Waals surface area contributed by atoms with E-state index in [4.69, 9.17) is 0 Å². The molecule has 4 fully saturated rings. The first-order chi connectivity index (χ1) is 5.75. The van der Waals surface area contributed by atoms with Gasteiger partial charge in [-0.2, -0.15) is 0 Å². The highest BCUT2D eigenvalue weighted by Gasteiger charge is 2.52. The van der Waals surface area contributed by atoms with Crippen LogP contribution in [0.5, 0.6) is 0 Å². The minimum Gasteiger partial charge on any atom is -0.392 e. The Labute approximate surface area is 72.6 Å². The van der Waals surface area contributed by atoms with Crippen molar-refractivity contribution >= 4 is 0 Å². The minimum atomic E-state index is -0.187. The number of aliphatic hydroxyl groups is 2. The number of rotatable bonds is 0. The zero-order valence-corrected chi connectivity index (χ0v) is 7.19. The molecule has 0 aliphatic heterocycles. The monoisotopic (exact) mass is 168 g/mol. The Morgan fingerprint density at radius 1 is 0.750 bits per heavy atom. The second-order valence-electron chi connectivity index (χ2n) is 4.97. The Balaban J connectivity index is 1.93. The predicted octanol–water partition coefficient (Wildman–Crippen LogP) is 0.774. The predicted molar refractivity (Wildman–Crippen MR) is 44.4 cm³/mol. The van der Waals surface area contributed by atoms with Gasteiger partial charge in [0.2, 0.25) is 0 Å². The molecule has 2 N–H and O–H groups in total. The third-order valence-corrected chi connectivity index (χ3v) is 4.33. The van der Waals surface area contributed by atoms with Gasteiger partial charge in [-0.3, -0.25) is 0 Å². The first-order valence-corrected chi connectivity index (χ1v) is 5.12. The second-order valence-corrected chi connectivity index (χ2v) is 4.97. The van der Waals surface area contributed by atoms with E-state index in [2.05, 4.69) is 0 Å². The van der Waals surface area contributed by atoms with Crippen LogP contribution in [0.1, 0.15) is 25.7 Å². The molecule has 4 aliphatic carbocycles. The fraction of sp³-hybridized carbons (Fsp3) is 1.00. The molecule has 2 unspecified atom stereocenters. The van der Waals surface area contributed by atoms with Crippen LogP contribution < -0.4 is 0 Å². The lowest BCUT2D eigenvalue weighted by molar-refractivity contribution is -0.161. The molecule has 2 nitrogen and oxygen atoms in total. The fourth-order valence-electron chi connectivity index (χ4n) is 3.85. The number of hydrogen-bond acceptors (Lipinski definition) is 2. The van der Waals surface area contributed by atoms with E-state index in [0.29, 0.717) is 11.8 Å². The van der Waals surface area contributed by atoms with Crippen molar-refractivity contribution in [1.29, 1.82) is 0 Å². The van der Waals surface area contributed by atoms with Gasteiger partial charge in [0.1, 0.15) is 0 Å². The Kier molecular flexibility index (Phi) is 1.37. The highest BCUT2D eigenvalue weighted by molar-refractivity contribution is 5.02. The minimum absolute atomic E-state index is 0.187. The van der Waals surface area contributed by atoms with E-state index in [0.717, 1.165) is 18.8 Å². The summed E-state index contributed by atoms with van der Waals surface area (Å²) in [5, 5.41) is 19.7. The number of hydrogen-bond donors (Lipinski definition) is 2. The van der Waals surface area contributed by atoms with Crippen LogP contribution in [0.15, 0.2) is 0 Å². The molecule has 4 aliphatic rings. The quantitative estimate of drug-likeness (QED) is 0.561. The lowest BCUT2D eigenvalue weighted by Gasteiger charge is -2.55. The SMILES string of the molecule is O[C@@H]1C2CC3C[C@H]1C[C@@H](C3)[C@H]2O. The van der Waals surface area contributed by atoms with E-state index in [1.54, 1.807) is 0 Å². The largest absolute Gasteiger partial charge is 0.392 e. The van der Waals surface area contributed by atoms with E-state index >= 15 is 0 Å². The van der Waals surface area contributed by atoms with Gasteiger partial charge in [0.05, 0.1) is 12.2 Å². The maximum absolute atomic E-state index is 9.84. The first kappa shape index (κ1) is 7.34. The van der Waals surface area contributed by atoms with Gasteiger partial charge in [0.15, 0.2) is 0 Å². The molecule has 2 heteroatoms. The third-order valence-electron chi connectivity index (χ3n) is 4.33. The molecule has 0 amide bonds. The van der Waals surface area contributed by atoms with Gasteiger partial charge in [-0.1, -0.05) is 0 Å². The molecule has 4 saturated carbocycles. The summed E-state index contributed by atoms with van der Waals surface area (Å²) in [4.78, 5) is 0. The molecule has 0 spiro atoms. The Hall–Kier alpha value is -0.0800. The summed E-state index contributed by atoms with van der Waals surface area (Å²) in [6.07, 6.45) is 4.23. The van der Waals surface area contributed by atoms with Crippen molar-refractivity contribution in [3.8, 4) is 0 Å². The van der Waals surface area contributed by atoms with Crippen LogP contribution in [0.3, 0.4) is 0 Å². The molecule has 6 atom stereocenters. The summed E-state index contributed by atoms with van der Waals surface area (Å²) in [5.41, 5.74) is 0. The zero-order valence-electron chi connectivity index (χ0n) is 7.19. The van der Waals surface area contributed by atoms with Crippen molar-refractivity contribution < 1.29 is 10.2 Å². The van der Waals surface area contributed by atoms with Crippen molar-refractivity contribution in [1.82, 2.24) is 0 Å². The normalized spacial score (nSPS) is 62.5. The molecule has 4 bridgehead atoms. The van der Waals surface area contributed by atoms with E-state index in [-0.39, 0.29) is 18.1 Å². The van der Waals surface area contributed by atoms with Crippen molar-refractivity contribution in [2.24, 2.45) is 23.7 Å². The van der Waals surface area contributed by atoms with E-state index < -0.39 is 0 Å². The highest BCUT2D eigenvalue weighted by atomic mass is 16.3. The van der Waals surface area contributed by atoms with Crippen LogP contribution in [0, 0.1) is 23.7 Å². The molecule has 0 aromatic rings.